The predicted octanol–water partition coefficient (Wildman–Crippen LogP) is 3.01. The molecule has 2 nitrogen and oxygen atoms in total. The molecule has 14 heavy (non-hydrogen) atoms. The lowest BCUT2D eigenvalue weighted by Gasteiger charge is -2.03. The fourth-order valence-corrected chi connectivity index (χ4v) is 1.05. The molecule has 2 rings (SSSR count). The van der Waals surface area contributed by atoms with Crippen LogP contribution >= 0.6 is 0 Å². The minimum atomic E-state index is -0.462. The molecule has 2 aromatic rings. The first kappa shape index (κ1) is 8.69. The van der Waals surface area contributed by atoms with E-state index in [1.807, 2.05) is 18.2 Å². The number of ether oxygens (including phenoxy) is 1. The number of pyridine rings is 1. The third kappa shape index (κ3) is 1.88. The first-order valence-electron chi connectivity index (χ1n) is 4.20. The van der Waals surface area contributed by atoms with Crippen molar-refractivity contribution in [2.24, 2.45) is 0 Å². The number of hydrogen-bond donors (Lipinski definition) is 0. The normalized spacial score (nSPS) is 9.79. The summed E-state index contributed by atoms with van der Waals surface area (Å²) in [5.74, 6) is 0.111. The van der Waals surface area contributed by atoms with Crippen molar-refractivity contribution in [2.45, 2.75) is 0 Å². The van der Waals surface area contributed by atoms with E-state index in [1.54, 1.807) is 12.1 Å². The minimum absolute atomic E-state index is 0.00120. The van der Waals surface area contributed by atoms with E-state index in [-0.39, 0.29) is 5.88 Å². The minimum Gasteiger partial charge on any atom is -0.436 e. The Morgan fingerprint density at radius 2 is 1.79 bits per heavy atom. The van der Waals surface area contributed by atoms with Gasteiger partial charge in [0.15, 0.2) is 5.82 Å². The van der Waals surface area contributed by atoms with E-state index >= 15 is 0 Å². The summed E-state index contributed by atoms with van der Waals surface area (Å²) >= 11 is 0. The van der Waals surface area contributed by atoms with Gasteiger partial charge in [0, 0.05) is 6.20 Å². The Morgan fingerprint density at radius 1 is 1.00 bits per heavy atom. The van der Waals surface area contributed by atoms with Crippen LogP contribution in [0.4, 0.5) is 4.39 Å². The molecule has 0 radical (unpaired) electrons. The van der Waals surface area contributed by atoms with Gasteiger partial charge < -0.3 is 4.74 Å². The van der Waals surface area contributed by atoms with Crippen LogP contribution in [0.2, 0.25) is 0 Å². The molecule has 1 heterocycles. The molecule has 0 aliphatic rings. The predicted molar refractivity (Wildman–Crippen MR) is 50.7 cm³/mol. The molecular formula is C11H8FNO. The number of para-hydroxylation sites is 1. The molecular weight excluding hydrogens is 181 g/mol. The highest BCUT2D eigenvalue weighted by Crippen LogP contribution is 2.20. The van der Waals surface area contributed by atoms with Gasteiger partial charge in [-0.3, -0.25) is 0 Å². The van der Waals surface area contributed by atoms with Crippen molar-refractivity contribution in [3.05, 3.63) is 54.5 Å². The van der Waals surface area contributed by atoms with E-state index in [2.05, 4.69) is 4.98 Å². The zero-order chi connectivity index (χ0) is 9.80. The molecule has 70 valence electrons. The average molecular weight is 189 g/mol. The summed E-state index contributed by atoms with van der Waals surface area (Å²) in [6.45, 7) is 0. The van der Waals surface area contributed by atoms with Crippen LogP contribution in [0.3, 0.4) is 0 Å². The van der Waals surface area contributed by atoms with Gasteiger partial charge in [-0.1, -0.05) is 18.2 Å². The van der Waals surface area contributed by atoms with Crippen molar-refractivity contribution >= 4 is 0 Å². The third-order valence-electron chi connectivity index (χ3n) is 1.68. The van der Waals surface area contributed by atoms with Crippen LogP contribution in [-0.4, -0.2) is 4.98 Å². The summed E-state index contributed by atoms with van der Waals surface area (Å²) in [6, 6.07) is 11.8. The quantitative estimate of drug-likeness (QED) is 0.724. The van der Waals surface area contributed by atoms with Gasteiger partial charge in [0.1, 0.15) is 5.75 Å². The number of nitrogens with zero attached hydrogens (tertiary/aromatic N) is 1. The molecule has 0 bridgehead atoms. The molecule has 1 aromatic carbocycles. The zero-order valence-electron chi connectivity index (χ0n) is 7.35. The number of benzene rings is 1. The Balaban J connectivity index is 2.24. The van der Waals surface area contributed by atoms with E-state index in [1.165, 1.54) is 18.3 Å². The van der Waals surface area contributed by atoms with Crippen LogP contribution in [0.5, 0.6) is 11.6 Å². The van der Waals surface area contributed by atoms with Gasteiger partial charge in [-0.15, -0.1) is 0 Å². The van der Waals surface area contributed by atoms with Crippen LogP contribution in [0, 0.1) is 5.82 Å². The first-order chi connectivity index (χ1) is 6.86. The molecule has 0 unspecified atom stereocenters. The smallest absolute Gasteiger partial charge is 0.255 e. The maximum Gasteiger partial charge on any atom is 0.255 e. The lowest BCUT2D eigenvalue weighted by atomic mass is 10.3. The molecule has 0 aliphatic heterocycles. The SMILES string of the molecule is Fc1cccnc1Oc1ccccc1. The Labute approximate surface area is 81.0 Å². The highest BCUT2D eigenvalue weighted by atomic mass is 19.1. The molecule has 1 aromatic heterocycles. The van der Waals surface area contributed by atoms with Gasteiger partial charge in [0.05, 0.1) is 0 Å². The average Bonchev–Trinajstić information content (AvgIpc) is 2.23. The summed E-state index contributed by atoms with van der Waals surface area (Å²) in [4.78, 5) is 3.78. The van der Waals surface area contributed by atoms with Gasteiger partial charge in [0.2, 0.25) is 0 Å². The Bertz CT molecular complexity index is 417. The maximum absolute atomic E-state index is 13.1. The molecule has 0 N–H and O–H groups in total. The lowest BCUT2D eigenvalue weighted by molar-refractivity contribution is 0.423. The standard InChI is InChI=1S/C11H8FNO/c12-10-7-4-8-13-11(10)14-9-5-2-1-3-6-9/h1-8H. The Hall–Kier alpha value is -1.90. The second kappa shape index (κ2) is 3.87. The highest BCUT2D eigenvalue weighted by Gasteiger charge is 2.03. The molecule has 0 aliphatic carbocycles. The van der Waals surface area contributed by atoms with Crippen LogP contribution in [0.1, 0.15) is 0 Å². The molecule has 3 heteroatoms. The van der Waals surface area contributed by atoms with E-state index in [9.17, 15) is 4.39 Å². The van der Waals surface area contributed by atoms with Gasteiger partial charge in [-0.05, 0) is 24.3 Å². The van der Waals surface area contributed by atoms with E-state index in [0.717, 1.165) is 0 Å². The number of halogens is 1. The molecule has 0 amide bonds. The number of hydrogen-bond acceptors (Lipinski definition) is 2. The molecule has 0 atom stereocenters. The zero-order valence-corrected chi connectivity index (χ0v) is 7.35. The van der Waals surface area contributed by atoms with E-state index in [4.69, 9.17) is 4.74 Å². The summed E-state index contributed by atoms with van der Waals surface area (Å²) in [5.41, 5.74) is 0. The van der Waals surface area contributed by atoms with Gasteiger partial charge in [-0.2, -0.15) is 0 Å². The fourth-order valence-electron chi connectivity index (χ4n) is 1.05. The molecule has 0 spiro atoms. The van der Waals surface area contributed by atoms with Gasteiger partial charge in [-0.25, -0.2) is 9.37 Å². The van der Waals surface area contributed by atoms with Crippen molar-refractivity contribution in [2.75, 3.05) is 0 Å². The largest absolute Gasteiger partial charge is 0.436 e. The highest BCUT2D eigenvalue weighted by molar-refractivity contribution is 5.26. The monoisotopic (exact) mass is 189 g/mol. The van der Waals surface area contributed by atoms with Gasteiger partial charge >= 0.3 is 0 Å². The second-order valence-electron chi connectivity index (χ2n) is 2.71. The van der Waals surface area contributed by atoms with Crippen LogP contribution < -0.4 is 4.74 Å². The third-order valence-corrected chi connectivity index (χ3v) is 1.68. The van der Waals surface area contributed by atoms with Gasteiger partial charge in [0.25, 0.3) is 5.88 Å². The van der Waals surface area contributed by atoms with Crippen molar-refractivity contribution in [1.29, 1.82) is 0 Å². The molecule has 0 saturated carbocycles. The van der Waals surface area contributed by atoms with Crippen molar-refractivity contribution in [3.8, 4) is 11.6 Å². The van der Waals surface area contributed by atoms with Crippen LogP contribution in [0.25, 0.3) is 0 Å². The molecule has 0 fully saturated rings. The number of aromatic nitrogens is 1. The van der Waals surface area contributed by atoms with E-state index < -0.39 is 5.82 Å². The topological polar surface area (TPSA) is 22.1 Å². The summed E-state index contributed by atoms with van der Waals surface area (Å²) in [7, 11) is 0. The Kier molecular flexibility index (Phi) is 2.40. The van der Waals surface area contributed by atoms with Crippen LogP contribution in [0.15, 0.2) is 48.7 Å². The summed E-state index contributed by atoms with van der Waals surface area (Å²) in [6.07, 6.45) is 1.49. The molecule has 0 saturated heterocycles. The van der Waals surface area contributed by atoms with Crippen molar-refractivity contribution in [3.63, 3.8) is 0 Å². The van der Waals surface area contributed by atoms with Crippen molar-refractivity contribution < 1.29 is 9.13 Å². The van der Waals surface area contributed by atoms with Crippen LogP contribution in [-0.2, 0) is 0 Å². The van der Waals surface area contributed by atoms with Crippen molar-refractivity contribution in [1.82, 2.24) is 4.98 Å². The maximum atomic E-state index is 13.1. The summed E-state index contributed by atoms with van der Waals surface area (Å²) in [5, 5.41) is 0. The second-order valence-corrected chi connectivity index (χ2v) is 2.71. The number of rotatable bonds is 2. The first-order valence-corrected chi connectivity index (χ1v) is 4.20. The summed E-state index contributed by atoms with van der Waals surface area (Å²) < 4.78 is 18.3. The lowest BCUT2D eigenvalue weighted by Crippen LogP contribution is -1.90. The Morgan fingerprint density at radius 3 is 2.50 bits per heavy atom. The fraction of sp³-hybridized carbons (Fsp3) is 0. The van der Waals surface area contributed by atoms with E-state index in [0.29, 0.717) is 5.75 Å².